The Kier molecular flexibility index (Phi) is 5.67. The van der Waals surface area contributed by atoms with Crippen LogP contribution in [0, 0.1) is 11.3 Å². The quantitative estimate of drug-likeness (QED) is 0.890. The predicted molar refractivity (Wildman–Crippen MR) is 85.7 cm³/mol. The van der Waals surface area contributed by atoms with Crippen LogP contribution in [-0.2, 0) is 11.3 Å². The van der Waals surface area contributed by atoms with Crippen LogP contribution in [0.1, 0.15) is 58.0 Å². The maximum absolute atomic E-state index is 11.8. The number of carbonyl (C=O) groups is 1. The molecule has 1 aliphatic rings. The molecular weight excluding hydrogens is 294 g/mol. The minimum Gasteiger partial charge on any atom is -0.449 e. The van der Waals surface area contributed by atoms with Crippen molar-refractivity contribution in [2.45, 2.75) is 70.7 Å². The standard InChI is InChI=1S/C17H25N3O3/c1-17(2,3)23-16(21)20-13-6-4-12(5-7-13)19-11-15-9-8-14(10-18)22-15/h8-9,12-13,19H,4-7,11H2,1-3H3,(H,20,21). The third-order valence-electron chi connectivity index (χ3n) is 3.78. The summed E-state index contributed by atoms with van der Waals surface area (Å²) in [6.07, 6.45) is 3.50. The first-order valence-corrected chi connectivity index (χ1v) is 8.07. The van der Waals surface area contributed by atoms with Crippen LogP contribution >= 0.6 is 0 Å². The first-order valence-electron chi connectivity index (χ1n) is 8.07. The Morgan fingerprint density at radius 2 is 1.96 bits per heavy atom. The molecule has 1 aromatic heterocycles. The second kappa shape index (κ2) is 7.51. The molecule has 1 saturated carbocycles. The summed E-state index contributed by atoms with van der Waals surface area (Å²) in [4.78, 5) is 11.8. The Labute approximate surface area is 137 Å². The Hall–Kier alpha value is -2.00. The van der Waals surface area contributed by atoms with Gasteiger partial charge in [-0.25, -0.2) is 4.79 Å². The van der Waals surface area contributed by atoms with Gasteiger partial charge in [-0.3, -0.25) is 0 Å². The van der Waals surface area contributed by atoms with E-state index in [2.05, 4.69) is 10.6 Å². The lowest BCUT2D eigenvalue weighted by Gasteiger charge is -2.30. The molecular formula is C17H25N3O3. The number of nitriles is 1. The molecule has 1 fully saturated rings. The minimum atomic E-state index is -0.464. The summed E-state index contributed by atoms with van der Waals surface area (Å²) in [6.45, 7) is 6.20. The smallest absolute Gasteiger partial charge is 0.407 e. The third-order valence-corrected chi connectivity index (χ3v) is 3.78. The van der Waals surface area contributed by atoms with Crippen LogP contribution in [0.2, 0.25) is 0 Å². The van der Waals surface area contributed by atoms with E-state index < -0.39 is 5.60 Å². The van der Waals surface area contributed by atoms with Crippen LogP contribution in [-0.4, -0.2) is 23.8 Å². The van der Waals surface area contributed by atoms with Crippen molar-refractivity contribution in [1.82, 2.24) is 10.6 Å². The zero-order valence-corrected chi connectivity index (χ0v) is 14.0. The number of nitrogens with zero attached hydrogens (tertiary/aromatic N) is 1. The SMILES string of the molecule is CC(C)(C)OC(=O)NC1CCC(NCc2ccc(C#N)o2)CC1. The molecule has 0 aliphatic heterocycles. The van der Waals surface area contributed by atoms with Crippen molar-refractivity contribution >= 4 is 6.09 Å². The number of alkyl carbamates (subject to hydrolysis) is 1. The van der Waals surface area contributed by atoms with Crippen molar-refractivity contribution < 1.29 is 13.9 Å². The van der Waals surface area contributed by atoms with Crippen molar-refractivity contribution in [3.05, 3.63) is 23.7 Å². The van der Waals surface area contributed by atoms with Gasteiger partial charge in [0, 0.05) is 12.1 Å². The molecule has 1 aliphatic carbocycles. The average Bonchev–Trinajstić information content (AvgIpc) is 2.92. The summed E-state index contributed by atoms with van der Waals surface area (Å²) in [5.74, 6) is 1.11. The highest BCUT2D eigenvalue weighted by Crippen LogP contribution is 2.20. The molecule has 0 saturated heterocycles. The fraction of sp³-hybridized carbons (Fsp3) is 0.647. The predicted octanol–water partition coefficient (Wildman–Crippen LogP) is 3.08. The van der Waals surface area contributed by atoms with E-state index in [1.54, 1.807) is 6.07 Å². The van der Waals surface area contributed by atoms with Gasteiger partial charge in [0.15, 0.2) is 0 Å². The fourth-order valence-corrected chi connectivity index (χ4v) is 2.69. The number of amides is 1. The van der Waals surface area contributed by atoms with E-state index in [0.717, 1.165) is 31.4 Å². The van der Waals surface area contributed by atoms with Gasteiger partial charge in [-0.2, -0.15) is 5.26 Å². The minimum absolute atomic E-state index is 0.178. The maximum Gasteiger partial charge on any atom is 0.407 e. The Morgan fingerprint density at radius 1 is 1.30 bits per heavy atom. The van der Waals surface area contributed by atoms with Crippen molar-refractivity contribution in [2.24, 2.45) is 0 Å². The lowest BCUT2D eigenvalue weighted by molar-refractivity contribution is 0.0489. The van der Waals surface area contributed by atoms with E-state index in [1.807, 2.05) is 32.9 Å². The number of hydrogen-bond acceptors (Lipinski definition) is 5. The molecule has 0 spiro atoms. The van der Waals surface area contributed by atoms with Gasteiger partial charge in [-0.05, 0) is 58.6 Å². The van der Waals surface area contributed by atoms with Crippen LogP contribution in [0.5, 0.6) is 0 Å². The van der Waals surface area contributed by atoms with Gasteiger partial charge >= 0.3 is 6.09 Å². The first kappa shape index (κ1) is 17.4. The number of rotatable bonds is 4. The number of ether oxygens (including phenoxy) is 1. The van der Waals surface area contributed by atoms with Crippen molar-refractivity contribution in [2.75, 3.05) is 0 Å². The largest absolute Gasteiger partial charge is 0.449 e. The molecule has 1 aromatic rings. The summed E-state index contributed by atoms with van der Waals surface area (Å²) in [5.41, 5.74) is -0.464. The van der Waals surface area contributed by atoms with E-state index in [-0.39, 0.29) is 12.1 Å². The molecule has 2 N–H and O–H groups in total. The number of nitrogens with one attached hydrogen (secondary N) is 2. The van der Waals surface area contributed by atoms with E-state index >= 15 is 0 Å². The highest BCUT2D eigenvalue weighted by Gasteiger charge is 2.24. The number of furan rings is 1. The van der Waals surface area contributed by atoms with Crippen LogP contribution in [0.25, 0.3) is 0 Å². The summed E-state index contributed by atoms with van der Waals surface area (Å²) in [6, 6.07) is 6.06. The fourth-order valence-electron chi connectivity index (χ4n) is 2.69. The third kappa shape index (κ3) is 5.95. The molecule has 0 atom stereocenters. The Balaban J connectivity index is 1.67. The van der Waals surface area contributed by atoms with Gasteiger partial charge < -0.3 is 19.8 Å². The van der Waals surface area contributed by atoms with Crippen LogP contribution in [0.15, 0.2) is 16.5 Å². The first-order chi connectivity index (χ1) is 10.9. The van der Waals surface area contributed by atoms with Gasteiger partial charge in [0.1, 0.15) is 17.4 Å². The van der Waals surface area contributed by atoms with Gasteiger partial charge in [0.2, 0.25) is 5.76 Å². The second-order valence-corrected chi connectivity index (χ2v) is 6.95. The zero-order chi connectivity index (χ0) is 16.9. The molecule has 2 rings (SSSR count). The van der Waals surface area contributed by atoms with Gasteiger partial charge in [0.05, 0.1) is 6.54 Å². The topological polar surface area (TPSA) is 87.3 Å². The molecule has 1 heterocycles. The normalized spacial score (nSPS) is 21.5. The molecule has 0 bridgehead atoms. The van der Waals surface area contributed by atoms with Crippen LogP contribution in [0.3, 0.4) is 0 Å². The van der Waals surface area contributed by atoms with E-state index in [4.69, 9.17) is 14.4 Å². The van der Waals surface area contributed by atoms with Crippen LogP contribution < -0.4 is 10.6 Å². The maximum atomic E-state index is 11.8. The molecule has 1 amide bonds. The zero-order valence-electron chi connectivity index (χ0n) is 14.0. The molecule has 6 heteroatoms. The van der Waals surface area contributed by atoms with Crippen LogP contribution in [0.4, 0.5) is 4.79 Å². The molecule has 6 nitrogen and oxygen atoms in total. The molecule has 0 aromatic carbocycles. The highest BCUT2D eigenvalue weighted by molar-refractivity contribution is 5.68. The highest BCUT2D eigenvalue weighted by atomic mass is 16.6. The van der Waals surface area contributed by atoms with E-state index in [9.17, 15) is 4.79 Å². The molecule has 0 radical (unpaired) electrons. The molecule has 0 unspecified atom stereocenters. The lowest BCUT2D eigenvalue weighted by atomic mass is 9.91. The van der Waals surface area contributed by atoms with Crippen molar-refractivity contribution in [1.29, 1.82) is 5.26 Å². The number of carbonyl (C=O) groups excluding carboxylic acids is 1. The summed E-state index contributed by atoms with van der Waals surface area (Å²) in [7, 11) is 0. The Morgan fingerprint density at radius 3 is 2.52 bits per heavy atom. The molecule has 23 heavy (non-hydrogen) atoms. The summed E-state index contributed by atoms with van der Waals surface area (Å²) >= 11 is 0. The second-order valence-electron chi connectivity index (χ2n) is 6.95. The van der Waals surface area contributed by atoms with Crippen molar-refractivity contribution in [3.8, 4) is 6.07 Å². The summed E-state index contributed by atoms with van der Waals surface area (Å²) in [5, 5.41) is 15.1. The Bertz CT molecular complexity index is 560. The van der Waals surface area contributed by atoms with Gasteiger partial charge in [0.25, 0.3) is 0 Å². The van der Waals surface area contributed by atoms with E-state index in [1.165, 1.54) is 0 Å². The average molecular weight is 319 g/mol. The van der Waals surface area contributed by atoms with E-state index in [0.29, 0.717) is 18.3 Å². The summed E-state index contributed by atoms with van der Waals surface area (Å²) < 4.78 is 10.6. The van der Waals surface area contributed by atoms with Crippen molar-refractivity contribution in [3.63, 3.8) is 0 Å². The van der Waals surface area contributed by atoms with Gasteiger partial charge in [-0.15, -0.1) is 0 Å². The molecule has 126 valence electrons. The lowest BCUT2D eigenvalue weighted by Crippen LogP contribution is -2.43. The number of hydrogen-bond donors (Lipinski definition) is 2. The van der Waals surface area contributed by atoms with Gasteiger partial charge in [-0.1, -0.05) is 0 Å². The monoisotopic (exact) mass is 319 g/mol.